The molecule has 0 aliphatic heterocycles. The summed E-state index contributed by atoms with van der Waals surface area (Å²) in [6.07, 6.45) is 1.42. The first-order valence-corrected chi connectivity index (χ1v) is 6.50. The summed E-state index contributed by atoms with van der Waals surface area (Å²) < 4.78 is 0. The van der Waals surface area contributed by atoms with E-state index in [1.165, 1.54) is 0 Å². The Kier molecular flexibility index (Phi) is 7.39. The van der Waals surface area contributed by atoms with Crippen LogP contribution >= 0.6 is 0 Å². The van der Waals surface area contributed by atoms with Gasteiger partial charge in [-0.05, 0) is 32.6 Å². The van der Waals surface area contributed by atoms with Gasteiger partial charge in [0.2, 0.25) is 0 Å². The Morgan fingerprint density at radius 3 is 2.22 bits per heavy atom. The molecular formula is C13H26N2O3. The van der Waals surface area contributed by atoms with Crippen LogP contribution in [0.5, 0.6) is 0 Å². The second-order valence-corrected chi connectivity index (χ2v) is 5.23. The van der Waals surface area contributed by atoms with Crippen molar-refractivity contribution in [1.29, 1.82) is 0 Å². The number of carboxylic acids is 1. The normalized spacial score (nSPS) is 14.1. The summed E-state index contributed by atoms with van der Waals surface area (Å²) in [5, 5.41) is 11.4. The lowest BCUT2D eigenvalue weighted by Crippen LogP contribution is -2.47. The van der Waals surface area contributed by atoms with Gasteiger partial charge in [0, 0.05) is 25.6 Å². The lowest BCUT2D eigenvalue weighted by atomic mass is 10.1. The van der Waals surface area contributed by atoms with Gasteiger partial charge in [0.05, 0.1) is 0 Å². The van der Waals surface area contributed by atoms with Crippen LogP contribution in [0.15, 0.2) is 0 Å². The lowest BCUT2D eigenvalue weighted by molar-refractivity contribution is -0.137. The van der Waals surface area contributed by atoms with Gasteiger partial charge in [-0.15, -0.1) is 0 Å². The molecule has 0 aliphatic rings. The van der Waals surface area contributed by atoms with Crippen molar-refractivity contribution in [2.24, 2.45) is 5.92 Å². The van der Waals surface area contributed by atoms with Crippen molar-refractivity contribution >= 4 is 12.0 Å². The maximum absolute atomic E-state index is 11.9. The Morgan fingerprint density at radius 2 is 1.78 bits per heavy atom. The molecule has 18 heavy (non-hydrogen) atoms. The molecule has 2 unspecified atom stereocenters. The van der Waals surface area contributed by atoms with Crippen LogP contribution in [0.2, 0.25) is 0 Å². The number of amides is 2. The molecule has 0 saturated heterocycles. The van der Waals surface area contributed by atoms with Crippen LogP contribution in [0.4, 0.5) is 4.79 Å². The molecule has 0 heterocycles. The van der Waals surface area contributed by atoms with E-state index in [9.17, 15) is 9.59 Å². The van der Waals surface area contributed by atoms with Crippen LogP contribution in [-0.4, -0.2) is 41.1 Å². The number of carbonyl (C=O) groups is 2. The zero-order valence-electron chi connectivity index (χ0n) is 12.1. The second kappa shape index (κ2) is 7.95. The first-order chi connectivity index (χ1) is 8.25. The van der Waals surface area contributed by atoms with Gasteiger partial charge in [0.1, 0.15) is 0 Å². The van der Waals surface area contributed by atoms with Crippen LogP contribution in [0.25, 0.3) is 0 Å². The van der Waals surface area contributed by atoms with E-state index in [1.807, 2.05) is 13.8 Å². The molecule has 0 bridgehead atoms. The summed E-state index contributed by atoms with van der Waals surface area (Å²) in [4.78, 5) is 24.0. The number of aliphatic carboxylic acids is 1. The zero-order valence-corrected chi connectivity index (χ0v) is 12.1. The average Bonchev–Trinajstić information content (AvgIpc) is 2.26. The summed E-state index contributed by atoms with van der Waals surface area (Å²) >= 11 is 0. The monoisotopic (exact) mass is 258 g/mol. The van der Waals surface area contributed by atoms with Crippen molar-refractivity contribution in [1.82, 2.24) is 10.2 Å². The molecule has 0 aliphatic carbocycles. The highest BCUT2D eigenvalue weighted by Crippen LogP contribution is 2.09. The molecular weight excluding hydrogens is 232 g/mol. The minimum absolute atomic E-state index is 0.00124. The molecule has 0 saturated carbocycles. The summed E-state index contributed by atoms with van der Waals surface area (Å²) in [6, 6.07) is 0.0777. The molecule has 0 radical (unpaired) electrons. The predicted molar refractivity (Wildman–Crippen MR) is 71.5 cm³/mol. The second-order valence-electron chi connectivity index (χ2n) is 5.23. The molecule has 5 nitrogen and oxygen atoms in total. The minimum Gasteiger partial charge on any atom is -0.481 e. The molecule has 5 heteroatoms. The van der Waals surface area contributed by atoms with Crippen LogP contribution in [0.3, 0.4) is 0 Å². The third-order valence-electron chi connectivity index (χ3n) is 3.29. The Morgan fingerprint density at radius 1 is 1.22 bits per heavy atom. The third kappa shape index (κ3) is 6.47. The van der Waals surface area contributed by atoms with Crippen molar-refractivity contribution < 1.29 is 14.7 Å². The van der Waals surface area contributed by atoms with E-state index < -0.39 is 5.97 Å². The topological polar surface area (TPSA) is 69.6 Å². The lowest BCUT2D eigenvalue weighted by Gasteiger charge is -2.29. The largest absolute Gasteiger partial charge is 0.481 e. The number of nitrogens with zero attached hydrogens (tertiary/aromatic N) is 1. The Hall–Kier alpha value is -1.26. The predicted octanol–water partition coefficient (Wildman–Crippen LogP) is 2.32. The molecule has 2 atom stereocenters. The van der Waals surface area contributed by atoms with E-state index in [0.717, 1.165) is 0 Å². The fraction of sp³-hybridized carbons (Fsp3) is 0.846. The molecule has 0 fully saturated rings. The highest BCUT2D eigenvalue weighted by atomic mass is 16.4. The molecule has 2 N–H and O–H groups in total. The number of hydrogen-bond acceptors (Lipinski definition) is 2. The fourth-order valence-corrected chi connectivity index (χ4v) is 1.58. The van der Waals surface area contributed by atoms with Crippen molar-refractivity contribution in [3.05, 3.63) is 0 Å². The smallest absolute Gasteiger partial charge is 0.317 e. The molecule has 2 amide bonds. The van der Waals surface area contributed by atoms with Gasteiger partial charge in [0.15, 0.2) is 0 Å². The SMILES string of the molecule is CC(CCCC(=O)O)NC(=O)N(C)C(C)C(C)C. The van der Waals surface area contributed by atoms with Crippen LogP contribution in [-0.2, 0) is 4.79 Å². The molecule has 0 aromatic carbocycles. The highest BCUT2D eigenvalue weighted by Gasteiger charge is 2.19. The molecule has 0 spiro atoms. The Balaban J connectivity index is 4.03. The number of carbonyl (C=O) groups excluding carboxylic acids is 1. The van der Waals surface area contributed by atoms with Gasteiger partial charge < -0.3 is 15.3 Å². The van der Waals surface area contributed by atoms with Gasteiger partial charge in [-0.2, -0.15) is 0 Å². The number of carboxylic acid groups (broad SMARTS) is 1. The van der Waals surface area contributed by atoms with E-state index in [4.69, 9.17) is 5.11 Å². The third-order valence-corrected chi connectivity index (χ3v) is 3.29. The maximum atomic E-state index is 11.9. The first-order valence-electron chi connectivity index (χ1n) is 6.50. The minimum atomic E-state index is -0.793. The standard InChI is InChI=1S/C13H26N2O3/c1-9(2)11(4)15(5)13(18)14-10(3)7-6-8-12(16)17/h9-11H,6-8H2,1-5H3,(H,14,18)(H,16,17). The van der Waals surface area contributed by atoms with E-state index in [1.54, 1.807) is 11.9 Å². The molecule has 0 aromatic rings. The van der Waals surface area contributed by atoms with Crippen molar-refractivity contribution in [3.8, 4) is 0 Å². The van der Waals surface area contributed by atoms with Gasteiger partial charge in [-0.1, -0.05) is 13.8 Å². The highest BCUT2D eigenvalue weighted by molar-refractivity contribution is 5.74. The molecule has 0 aromatic heterocycles. The van der Waals surface area contributed by atoms with E-state index in [2.05, 4.69) is 19.2 Å². The van der Waals surface area contributed by atoms with Crippen LogP contribution in [0.1, 0.15) is 47.0 Å². The first kappa shape index (κ1) is 16.7. The van der Waals surface area contributed by atoms with Gasteiger partial charge >= 0.3 is 12.0 Å². The summed E-state index contributed by atoms with van der Waals surface area (Å²) in [5.41, 5.74) is 0. The zero-order chi connectivity index (χ0) is 14.3. The number of nitrogens with one attached hydrogen (secondary N) is 1. The summed E-state index contributed by atoms with van der Waals surface area (Å²) in [5.74, 6) is -0.387. The Bertz CT molecular complexity index is 279. The van der Waals surface area contributed by atoms with Gasteiger partial charge in [-0.3, -0.25) is 4.79 Å². The van der Waals surface area contributed by atoms with Gasteiger partial charge in [0.25, 0.3) is 0 Å². The van der Waals surface area contributed by atoms with Gasteiger partial charge in [-0.25, -0.2) is 4.79 Å². The summed E-state index contributed by atoms with van der Waals surface area (Å²) in [6.45, 7) is 8.06. The Labute approximate surface area is 110 Å². The quantitative estimate of drug-likeness (QED) is 0.736. The summed E-state index contributed by atoms with van der Waals surface area (Å²) in [7, 11) is 1.78. The van der Waals surface area contributed by atoms with Crippen LogP contribution in [0, 0.1) is 5.92 Å². The van der Waals surface area contributed by atoms with E-state index >= 15 is 0 Å². The molecule has 106 valence electrons. The van der Waals surface area contributed by atoms with Crippen LogP contribution < -0.4 is 5.32 Å². The number of urea groups is 1. The van der Waals surface area contributed by atoms with Crippen molar-refractivity contribution in [2.75, 3.05) is 7.05 Å². The number of rotatable bonds is 7. The van der Waals surface area contributed by atoms with E-state index in [-0.39, 0.29) is 24.5 Å². The van der Waals surface area contributed by atoms with E-state index in [0.29, 0.717) is 18.8 Å². The van der Waals surface area contributed by atoms with Crippen molar-refractivity contribution in [2.45, 2.75) is 59.0 Å². The number of hydrogen-bond donors (Lipinski definition) is 2. The maximum Gasteiger partial charge on any atom is 0.317 e. The fourth-order valence-electron chi connectivity index (χ4n) is 1.58. The van der Waals surface area contributed by atoms with Crippen molar-refractivity contribution in [3.63, 3.8) is 0 Å². The molecule has 0 rings (SSSR count). The average molecular weight is 258 g/mol.